The van der Waals surface area contributed by atoms with Crippen LogP contribution in [0.1, 0.15) is 38.3 Å². The largest absolute Gasteiger partial charge is 0.494 e. The highest BCUT2D eigenvalue weighted by molar-refractivity contribution is 5.75. The molecule has 0 radical (unpaired) electrons. The van der Waals surface area contributed by atoms with Gasteiger partial charge in [-0.2, -0.15) is 20.1 Å². The van der Waals surface area contributed by atoms with Crippen molar-refractivity contribution in [3.63, 3.8) is 0 Å². The second-order valence-electron chi connectivity index (χ2n) is 7.55. The molecule has 1 aliphatic rings. The standard InChI is InChI=1S/C21H28N6O/c1-3-11-27-24-19-6-5-18(15-20(19)25-27)28-14-10-17-8-12-26(13-9-17)21-7-4-16(2)22-23-21/h4-7,15,17H,3,8-14H2,1-2H3. The number of nitrogens with zero attached hydrogens (tertiary/aromatic N) is 6. The van der Waals surface area contributed by atoms with Gasteiger partial charge in [-0.05, 0) is 62.8 Å². The van der Waals surface area contributed by atoms with E-state index in [1.807, 2.05) is 31.2 Å². The van der Waals surface area contributed by atoms with Gasteiger partial charge in [0.15, 0.2) is 5.82 Å². The van der Waals surface area contributed by atoms with Crippen LogP contribution in [0.3, 0.4) is 0 Å². The molecule has 0 amide bonds. The maximum atomic E-state index is 6.00. The van der Waals surface area contributed by atoms with E-state index in [0.29, 0.717) is 5.92 Å². The number of anilines is 1. The zero-order valence-electron chi connectivity index (χ0n) is 16.7. The molecular formula is C21H28N6O. The Bertz CT molecular complexity index is 899. The average molecular weight is 380 g/mol. The summed E-state index contributed by atoms with van der Waals surface area (Å²) in [7, 11) is 0. The lowest BCUT2D eigenvalue weighted by molar-refractivity contribution is 0.258. The quantitative estimate of drug-likeness (QED) is 0.623. The van der Waals surface area contributed by atoms with Crippen molar-refractivity contribution in [2.75, 3.05) is 24.6 Å². The Kier molecular flexibility index (Phi) is 5.69. The van der Waals surface area contributed by atoms with E-state index in [-0.39, 0.29) is 0 Å². The van der Waals surface area contributed by atoms with Crippen LogP contribution in [0.15, 0.2) is 30.3 Å². The highest BCUT2D eigenvalue weighted by Gasteiger charge is 2.20. The number of ether oxygens (including phenoxy) is 1. The molecule has 7 nitrogen and oxygen atoms in total. The van der Waals surface area contributed by atoms with Gasteiger partial charge in [-0.3, -0.25) is 0 Å². The minimum Gasteiger partial charge on any atom is -0.494 e. The predicted octanol–water partition coefficient (Wildman–Crippen LogP) is 3.63. The van der Waals surface area contributed by atoms with E-state index < -0.39 is 0 Å². The summed E-state index contributed by atoms with van der Waals surface area (Å²) < 4.78 is 6.00. The van der Waals surface area contributed by atoms with Crippen LogP contribution in [0.4, 0.5) is 5.82 Å². The highest BCUT2D eigenvalue weighted by Crippen LogP contribution is 2.24. The summed E-state index contributed by atoms with van der Waals surface area (Å²) in [5.41, 5.74) is 2.78. The Hall–Kier alpha value is -2.70. The summed E-state index contributed by atoms with van der Waals surface area (Å²) in [6.07, 6.45) is 4.44. The summed E-state index contributed by atoms with van der Waals surface area (Å²) in [5, 5.41) is 17.5. The molecule has 0 N–H and O–H groups in total. The van der Waals surface area contributed by atoms with Gasteiger partial charge in [0.25, 0.3) is 0 Å². The van der Waals surface area contributed by atoms with Gasteiger partial charge < -0.3 is 9.64 Å². The molecule has 0 unspecified atom stereocenters. The Morgan fingerprint density at radius 2 is 1.86 bits per heavy atom. The molecule has 1 aliphatic heterocycles. The van der Waals surface area contributed by atoms with Gasteiger partial charge in [-0.25, -0.2) is 0 Å². The first-order chi connectivity index (χ1) is 13.7. The van der Waals surface area contributed by atoms with Crippen molar-refractivity contribution in [1.82, 2.24) is 25.2 Å². The van der Waals surface area contributed by atoms with Crippen molar-refractivity contribution in [2.45, 2.75) is 46.1 Å². The first-order valence-corrected chi connectivity index (χ1v) is 10.2. The molecule has 0 atom stereocenters. The van der Waals surface area contributed by atoms with E-state index in [9.17, 15) is 0 Å². The first kappa shape index (κ1) is 18.7. The molecule has 28 heavy (non-hydrogen) atoms. The lowest BCUT2D eigenvalue weighted by atomic mass is 9.94. The zero-order chi connectivity index (χ0) is 19.3. The van der Waals surface area contributed by atoms with Crippen molar-refractivity contribution in [2.24, 2.45) is 5.92 Å². The van der Waals surface area contributed by atoms with Crippen molar-refractivity contribution < 1.29 is 4.74 Å². The minimum atomic E-state index is 0.698. The Morgan fingerprint density at radius 1 is 1.04 bits per heavy atom. The van der Waals surface area contributed by atoms with E-state index >= 15 is 0 Å². The third kappa shape index (κ3) is 4.40. The SMILES string of the molecule is CCCn1nc2ccc(OCCC3CCN(c4ccc(C)nn4)CC3)cc2n1. The van der Waals surface area contributed by atoms with E-state index in [1.54, 1.807) is 4.80 Å². The number of rotatable bonds is 7. The van der Waals surface area contributed by atoms with Crippen molar-refractivity contribution in [1.29, 1.82) is 0 Å². The van der Waals surface area contributed by atoms with Gasteiger partial charge in [0.05, 0.1) is 18.8 Å². The number of benzene rings is 1. The second-order valence-corrected chi connectivity index (χ2v) is 7.55. The maximum absolute atomic E-state index is 6.00. The molecule has 7 heteroatoms. The molecule has 148 valence electrons. The van der Waals surface area contributed by atoms with E-state index in [1.165, 1.54) is 12.8 Å². The molecule has 3 heterocycles. The summed E-state index contributed by atoms with van der Waals surface area (Å²) in [6.45, 7) is 7.75. The molecule has 0 aliphatic carbocycles. The number of piperidine rings is 1. The highest BCUT2D eigenvalue weighted by atomic mass is 16.5. The van der Waals surface area contributed by atoms with Crippen LogP contribution in [0.25, 0.3) is 11.0 Å². The number of aryl methyl sites for hydroxylation is 2. The molecular weight excluding hydrogens is 352 g/mol. The molecule has 0 spiro atoms. The summed E-state index contributed by atoms with van der Waals surface area (Å²) in [5.74, 6) is 2.57. The second kappa shape index (κ2) is 8.54. The van der Waals surface area contributed by atoms with Crippen molar-refractivity contribution >= 4 is 16.9 Å². The van der Waals surface area contributed by atoms with Crippen LogP contribution >= 0.6 is 0 Å². The van der Waals surface area contributed by atoms with E-state index in [2.05, 4.69) is 38.3 Å². The number of hydrogen-bond acceptors (Lipinski definition) is 6. The normalized spacial score (nSPS) is 15.3. The Labute approximate surface area is 165 Å². The van der Waals surface area contributed by atoms with Gasteiger partial charge >= 0.3 is 0 Å². The van der Waals surface area contributed by atoms with E-state index in [0.717, 1.165) is 67.4 Å². The smallest absolute Gasteiger partial charge is 0.151 e. The monoisotopic (exact) mass is 380 g/mol. The summed E-state index contributed by atoms with van der Waals surface area (Å²) >= 11 is 0. The van der Waals surface area contributed by atoms with Gasteiger partial charge in [0.2, 0.25) is 0 Å². The molecule has 1 fully saturated rings. The van der Waals surface area contributed by atoms with Crippen LogP contribution in [-0.4, -0.2) is 44.9 Å². The van der Waals surface area contributed by atoms with Gasteiger partial charge in [-0.1, -0.05) is 6.92 Å². The molecule has 0 bridgehead atoms. The van der Waals surface area contributed by atoms with Crippen LogP contribution in [0.5, 0.6) is 5.75 Å². The third-order valence-corrected chi connectivity index (χ3v) is 5.33. The molecule has 4 rings (SSSR count). The van der Waals surface area contributed by atoms with E-state index in [4.69, 9.17) is 4.74 Å². The van der Waals surface area contributed by atoms with Gasteiger partial charge in [-0.15, -0.1) is 5.10 Å². The third-order valence-electron chi connectivity index (χ3n) is 5.33. The minimum absolute atomic E-state index is 0.698. The van der Waals surface area contributed by atoms with Crippen molar-refractivity contribution in [3.8, 4) is 5.75 Å². The topological polar surface area (TPSA) is 69.0 Å². The Balaban J connectivity index is 1.24. The van der Waals surface area contributed by atoms with Crippen molar-refractivity contribution in [3.05, 3.63) is 36.0 Å². The number of fused-ring (bicyclic) bond motifs is 1. The fourth-order valence-corrected chi connectivity index (χ4v) is 3.68. The Morgan fingerprint density at radius 3 is 2.61 bits per heavy atom. The van der Waals surface area contributed by atoms with Gasteiger partial charge in [0, 0.05) is 19.2 Å². The van der Waals surface area contributed by atoms with Crippen LogP contribution in [-0.2, 0) is 6.54 Å². The molecule has 1 saturated heterocycles. The fraction of sp³-hybridized carbons (Fsp3) is 0.524. The summed E-state index contributed by atoms with van der Waals surface area (Å²) in [4.78, 5) is 4.10. The van der Waals surface area contributed by atoms with Crippen LogP contribution in [0, 0.1) is 12.8 Å². The van der Waals surface area contributed by atoms with Crippen LogP contribution in [0.2, 0.25) is 0 Å². The molecule has 2 aromatic heterocycles. The zero-order valence-corrected chi connectivity index (χ0v) is 16.7. The molecule has 1 aromatic carbocycles. The lowest BCUT2D eigenvalue weighted by Crippen LogP contribution is -2.34. The number of aromatic nitrogens is 5. The summed E-state index contributed by atoms with van der Waals surface area (Å²) in [6, 6.07) is 10.1. The van der Waals surface area contributed by atoms with Crippen LogP contribution < -0.4 is 9.64 Å². The number of hydrogen-bond donors (Lipinski definition) is 0. The lowest BCUT2D eigenvalue weighted by Gasteiger charge is -2.32. The van der Waals surface area contributed by atoms with Gasteiger partial charge in [0.1, 0.15) is 16.8 Å². The first-order valence-electron chi connectivity index (χ1n) is 10.2. The maximum Gasteiger partial charge on any atom is 0.151 e. The predicted molar refractivity (Wildman–Crippen MR) is 110 cm³/mol. The molecule has 3 aromatic rings. The fourth-order valence-electron chi connectivity index (χ4n) is 3.68. The molecule has 0 saturated carbocycles. The average Bonchev–Trinajstić information content (AvgIpc) is 3.11.